The number of nitrogens with one attached hydrogen (secondary N) is 1. The lowest BCUT2D eigenvalue weighted by Gasteiger charge is -2.17. The molecule has 0 spiro atoms. The maximum atomic E-state index is 12.1. The van der Waals surface area contributed by atoms with E-state index in [-0.39, 0.29) is 5.91 Å². The molecule has 2 aromatic rings. The predicted octanol–water partition coefficient (Wildman–Crippen LogP) is 3.74. The number of rotatable bonds is 5. The molecule has 1 N–H and O–H groups in total. The van der Waals surface area contributed by atoms with Crippen LogP contribution in [0.4, 0.5) is 5.82 Å². The summed E-state index contributed by atoms with van der Waals surface area (Å²) >= 11 is 6.12. The molecule has 5 nitrogen and oxygen atoms in total. The number of anilines is 1. The van der Waals surface area contributed by atoms with Crippen LogP contribution in [0.1, 0.15) is 24.5 Å². The minimum atomic E-state index is -0.610. The van der Waals surface area contributed by atoms with Crippen molar-refractivity contribution in [3.05, 3.63) is 40.6 Å². The summed E-state index contributed by atoms with van der Waals surface area (Å²) in [5.41, 5.74) is 1.83. The average Bonchev–Trinajstić information content (AvgIpc) is 2.94. The van der Waals surface area contributed by atoms with Crippen molar-refractivity contribution in [1.29, 1.82) is 0 Å². The van der Waals surface area contributed by atoms with Gasteiger partial charge in [0.25, 0.3) is 5.91 Å². The molecule has 2 rings (SSSR count). The first-order valence-corrected chi connectivity index (χ1v) is 7.03. The summed E-state index contributed by atoms with van der Waals surface area (Å²) in [6.07, 6.45) is 1.31. The molecule has 0 bridgehead atoms. The molecule has 0 aliphatic rings. The van der Waals surface area contributed by atoms with Gasteiger partial charge in [-0.15, -0.1) is 0 Å². The van der Waals surface area contributed by atoms with Crippen molar-refractivity contribution in [2.75, 3.05) is 5.32 Å². The minimum absolute atomic E-state index is 0.267. The van der Waals surface area contributed by atoms with Gasteiger partial charge in [0, 0.05) is 11.1 Å². The Balaban J connectivity index is 2.10. The summed E-state index contributed by atoms with van der Waals surface area (Å²) in [6.45, 7) is 5.68. The Labute approximate surface area is 128 Å². The molecule has 0 saturated heterocycles. The third-order valence-corrected chi connectivity index (χ3v) is 3.64. The third kappa shape index (κ3) is 3.76. The molecule has 0 aliphatic carbocycles. The zero-order valence-electron chi connectivity index (χ0n) is 12.1. The molecule has 0 saturated carbocycles. The number of benzene rings is 1. The normalized spacial score (nSPS) is 12.0. The van der Waals surface area contributed by atoms with Crippen LogP contribution in [0, 0.1) is 13.8 Å². The summed E-state index contributed by atoms with van der Waals surface area (Å²) in [6, 6.07) is 5.21. The lowest BCUT2D eigenvalue weighted by atomic mass is 10.1. The SMILES string of the molecule is CC[C@H](Oc1cc(C)c(Cl)c(C)c1)C(=O)Nc1ccon1. The minimum Gasteiger partial charge on any atom is -0.481 e. The molecule has 1 heterocycles. The third-order valence-electron chi connectivity index (χ3n) is 3.04. The van der Waals surface area contributed by atoms with Gasteiger partial charge in [0.15, 0.2) is 11.9 Å². The Bertz CT molecular complexity index is 603. The van der Waals surface area contributed by atoms with E-state index < -0.39 is 6.10 Å². The maximum absolute atomic E-state index is 12.1. The first kappa shape index (κ1) is 15.4. The van der Waals surface area contributed by atoms with E-state index in [4.69, 9.17) is 16.3 Å². The van der Waals surface area contributed by atoms with Crippen LogP contribution < -0.4 is 10.1 Å². The number of carbonyl (C=O) groups excluding carboxylic acids is 1. The van der Waals surface area contributed by atoms with Crippen LogP contribution in [0.25, 0.3) is 0 Å². The van der Waals surface area contributed by atoms with E-state index in [1.807, 2.05) is 32.9 Å². The second-order valence-electron chi connectivity index (χ2n) is 4.76. The topological polar surface area (TPSA) is 64.4 Å². The summed E-state index contributed by atoms with van der Waals surface area (Å²) < 4.78 is 10.4. The molecule has 112 valence electrons. The van der Waals surface area contributed by atoms with Crippen LogP contribution in [0.2, 0.25) is 5.02 Å². The van der Waals surface area contributed by atoms with Crippen LogP contribution >= 0.6 is 11.6 Å². The smallest absolute Gasteiger partial charge is 0.266 e. The van der Waals surface area contributed by atoms with Gasteiger partial charge in [0.05, 0.1) is 0 Å². The zero-order valence-corrected chi connectivity index (χ0v) is 12.9. The van der Waals surface area contributed by atoms with Gasteiger partial charge in [-0.05, 0) is 43.5 Å². The van der Waals surface area contributed by atoms with Gasteiger partial charge in [-0.25, -0.2) is 0 Å². The van der Waals surface area contributed by atoms with Gasteiger partial charge in [0.1, 0.15) is 12.0 Å². The molecular weight excluding hydrogens is 292 g/mol. The van der Waals surface area contributed by atoms with Crippen LogP contribution in [0.15, 0.2) is 29.0 Å². The van der Waals surface area contributed by atoms with E-state index in [1.165, 1.54) is 6.26 Å². The summed E-state index contributed by atoms with van der Waals surface area (Å²) in [7, 11) is 0. The second kappa shape index (κ2) is 6.63. The fraction of sp³-hybridized carbons (Fsp3) is 0.333. The summed E-state index contributed by atoms with van der Waals surface area (Å²) in [5.74, 6) is 0.721. The Hall–Kier alpha value is -2.01. The number of ether oxygens (including phenoxy) is 1. The highest BCUT2D eigenvalue weighted by molar-refractivity contribution is 6.32. The van der Waals surface area contributed by atoms with Gasteiger partial charge < -0.3 is 14.6 Å². The molecule has 0 fully saturated rings. The van der Waals surface area contributed by atoms with Gasteiger partial charge >= 0.3 is 0 Å². The Morgan fingerprint density at radius 3 is 2.62 bits per heavy atom. The second-order valence-corrected chi connectivity index (χ2v) is 5.14. The molecular formula is C15H17ClN2O3. The number of aromatic nitrogens is 1. The van der Waals surface area contributed by atoms with Gasteiger partial charge in [0.2, 0.25) is 0 Å². The molecule has 1 aromatic heterocycles. The molecule has 0 unspecified atom stereocenters. The summed E-state index contributed by atoms with van der Waals surface area (Å²) in [5, 5.41) is 6.99. The van der Waals surface area contributed by atoms with Crippen molar-refractivity contribution in [3.63, 3.8) is 0 Å². The number of amides is 1. The molecule has 21 heavy (non-hydrogen) atoms. The lowest BCUT2D eigenvalue weighted by molar-refractivity contribution is -0.122. The van der Waals surface area contributed by atoms with E-state index in [0.717, 1.165) is 11.1 Å². The van der Waals surface area contributed by atoms with E-state index in [0.29, 0.717) is 23.0 Å². The fourth-order valence-electron chi connectivity index (χ4n) is 1.94. The highest BCUT2D eigenvalue weighted by Gasteiger charge is 2.20. The molecule has 1 aromatic carbocycles. The number of nitrogens with zero attached hydrogens (tertiary/aromatic N) is 1. The molecule has 6 heteroatoms. The lowest BCUT2D eigenvalue weighted by Crippen LogP contribution is -2.32. The van der Waals surface area contributed by atoms with Crippen molar-refractivity contribution in [2.24, 2.45) is 0 Å². The Kier molecular flexibility index (Phi) is 4.85. The molecule has 1 amide bonds. The van der Waals surface area contributed by atoms with E-state index >= 15 is 0 Å². The standard InChI is InChI=1S/C15H17ClN2O3/c1-4-12(15(19)17-13-5-6-20-18-13)21-11-7-9(2)14(16)10(3)8-11/h5-8,12H,4H2,1-3H3,(H,17,18,19)/t12-/m0/s1. The van der Waals surface area contributed by atoms with E-state index in [2.05, 4.69) is 15.0 Å². The predicted molar refractivity (Wildman–Crippen MR) is 80.8 cm³/mol. The highest BCUT2D eigenvalue weighted by atomic mass is 35.5. The van der Waals surface area contributed by atoms with Crippen LogP contribution in [0.5, 0.6) is 5.75 Å². The van der Waals surface area contributed by atoms with Crippen molar-refractivity contribution in [2.45, 2.75) is 33.3 Å². The Morgan fingerprint density at radius 2 is 2.10 bits per heavy atom. The molecule has 1 atom stereocenters. The van der Waals surface area contributed by atoms with Crippen LogP contribution in [0.3, 0.4) is 0 Å². The Morgan fingerprint density at radius 1 is 1.43 bits per heavy atom. The molecule has 0 radical (unpaired) electrons. The van der Waals surface area contributed by atoms with Gasteiger partial charge in [-0.2, -0.15) is 0 Å². The van der Waals surface area contributed by atoms with Crippen molar-refractivity contribution >= 4 is 23.3 Å². The number of hydrogen-bond donors (Lipinski definition) is 1. The van der Waals surface area contributed by atoms with Gasteiger partial charge in [-0.3, -0.25) is 4.79 Å². The highest BCUT2D eigenvalue weighted by Crippen LogP contribution is 2.26. The van der Waals surface area contributed by atoms with Crippen molar-refractivity contribution in [1.82, 2.24) is 5.16 Å². The quantitative estimate of drug-likeness (QED) is 0.914. The van der Waals surface area contributed by atoms with Gasteiger partial charge in [-0.1, -0.05) is 23.7 Å². The van der Waals surface area contributed by atoms with E-state index in [1.54, 1.807) is 6.07 Å². The first-order valence-electron chi connectivity index (χ1n) is 6.66. The van der Waals surface area contributed by atoms with Crippen LogP contribution in [-0.4, -0.2) is 17.2 Å². The summed E-state index contributed by atoms with van der Waals surface area (Å²) in [4.78, 5) is 12.1. The average molecular weight is 309 g/mol. The number of halogens is 1. The maximum Gasteiger partial charge on any atom is 0.266 e. The number of hydrogen-bond acceptors (Lipinski definition) is 4. The fourth-order valence-corrected chi connectivity index (χ4v) is 2.05. The van der Waals surface area contributed by atoms with E-state index in [9.17, 15) is 4.79 Å². The largest absolute Gasteiger partial charge is 0.481 e. The zero-order chi connectivity index (χ0) is 15.4. The number of carbonyl (C=O) groups is 1. The van der Waals surface area contributed by atoms with Crippen molar-refractivity contribution < 1.29 is 14.1 Å². The van der Waals surface area contributed by atoms with Crippen molar-refractivity contribution in [3.8, 4) is 5.75 Å². The van der Waals surface area contributed by atoms with Crippen LogP contribution in [-0.2, 0) is 4.79 Å². The molecule has 0 aliphatic heterocycles. The first-order chi connectivity index (χ1) is 10.0. The number of aryl methyl sites for hydroxylation is 2. The monoisotopic (exact) mass is 308 g/mol.